The number of anilines is 1. The Bertz CT molecular complexity index is 750. The molecule has 0 aliphatic heterocycles. The van der Waals surface area contributed by atoms with E-state index in [0.29, 0.717) is 10.6 Å². The molecule has 5 heteroatoms. The van der Waals surface area contributed by atoms with Gasteiger partial charge >= 0.3 is 0 Å². The van der Waals surface area contributed by atoms with Gasteiger partial charge in [-0.1, -0.05) is 43.6 Å². The summed E-state index contributed by atoms with van der Waals surface area (Å²) in [5.41, 5.74) is 6.08. The number of carbonyl (C=O) groups is 1. The molecule has 0 spiro atoms. The van der Waals surface area contributed by atoms with Crippen LogP contribution in [0.15, 0.2) is 47.6 Å². The van der Waals surface area contributed by atoms with Crippen molar-refractivity contribution in [2.24, 2.45) is 5.10 Å². The van der Waals surface area contributed by atoms with Crippen LogP contribution in [0.1, 0.15) is 48.2 Å². The molecule has 2 aromatic carbocycles. The van der Waals surface area contributed by atoms with Crippen LogP contribution in [0, 0.1) is 6.92 Å². The van der Waals surface area contributed by atoms with E-state index >= 15 is 0 Å². The average molecular weight is 372 g/mol. The zero-order chi connectivity index (χ0) is 18.9. The molecule has 2 aromatic rings. The van der Waals surface area contributed by atoms with Gasteiger partial charge < -0.3 is 4.90 Å². The zero-order valence-corrected chi connectivity index (χ0v) is 16.4. The van der Waals surface area contributed by atoms with Crippen molar-refractivity contribution in [2.75, 3.05) is 18.0 Å². The van der Waals surface area contributed by atoms with Gasteiger partial charge in [-0.3, -0.25) is 4.79 Å². The van der Waals surface area contributed by atoms with Crippen LogP contribution in [0.25, 0.3) is 0 Å². The Morgan fingerprint density at radius 3 is 2.35 bits per heavy atom. The highest BCUT2D eigenvalue weighted by molar-refractivity contribution is 6.33. The monoisotopic (exact) mass is 371 g/mol. The molecule has 0 aliphatic carbocycles. The molecule has 0 unspecified atom stereocenters. The van der Waals surface area contributed by atoms with E-state index in [1.54, 1.807) is 18.3 Å². The SMILES string of the molecule is CCCN(CCC)c1ccc(/C=N\NC(=O)c2ccc(C)cc2Cl)cc1. The Kier molecular flexibility index (Phi) is 7.67. The number of aryl methyl sites for hydroxylation is 1. The minimum Gasteiger partial charge on any atom is -0.372 e. The summed E-state index contributed by atoms with van der Waals surface area (Å²) < 4.78 is 0. The van der Waals surface area contributed by atoms with E-state index in [4.69, 9.17) is 11.6 Å². The number of carbonyl (C=O) groups excluding carboxylic acids is 1. The van der Waals surface area contributed by atoms with Crippen molar-refractivity contribution in [3.63, 3.8) is 0 Å². The standard InChI is InChI=1S/C21H26ClN3O/c1-4-12-25(13-5-2)18-9-7-17(8-10-18)15-23-24-21(26)19-11-6-16(3)14-20(19)22/h6-11,14-15H,4-5,12-13H2,1-3H3,(H,24,26)/b23-15-. The van der Waals surface area contributed by atoms with Gasteiger partial charge in [-0.15, -0.1) is 0 Å². The van der Waals surface area contributed by atoms with Gasteiger partial charge in [-0.25, -0.2) is 5.43 Å². The first-order valence-electron chi connectivity index (χ1n) is 8.99. The number of hydrazone groups is 1. The molecule has 0 saturated heterocycles. The van der Waals surface area contributed by atoms with E-state index in [2.05, 4.69) is 41.4 Å². The van der Waals surface area contributed by atoms with E-state index in [1.807, 2.05) is 25.1 Å². The Morgan fingerprint density at radius 2 is 1.77 bits per heavy atom. The fourth-order valence-corrected chi connectivity index (χ4v) is 3.03. The molecule has 0 saturated carbocycles. The Balaban J connectivity index is 1.98. The fourth-order valence-electron chi connectivity index (χ4n) is 2.71. The van der Waals surface area contributed by atoms with Gasteiger partial charge in [-0.05, 0) is 55.2 Å². The summed E-state index contributed by atoms with van der Waals surface area (Å²) in [5.74, 6) is -0.320. The van der Waals surface area contributed by atoms with Crippen LogP contribution in [-0.2, 0) is 0 Å². The number of hydrogen-bond acceptors (Lipinski definition) is 3. The van der Waals surface area contributed by atoms with Crippen LogP contribution in [-0.4, -0.2) is 25.2 Å². The smallest absolute Gasteiger partial charge is 0.272 e. The molecule has 4 nitrogen and oxygen atoms in total. The predicted molar refractivity (Wildman–Crippen MR) is 110 cm³/mol. The summed E-state index contributed by atoms with van der Waals surface area (Å²) >= 11 is 6.10. The molecule has 138 valence electrons. The summed E-state index contributed by atoms with van der Waals surface area (Å²) in [7, 11) is 0. The number of amides is 1. The van der Waals surface area contributed by atoms with Crippen molar-refractivity contribution in [2.45, 2.75) is 33.6 Å². The lowest BCUT2D eigenvalue weighted by Crippen LogP contribution is -2.24. The third kappa shape index (κ3) is 5.60. The van der Waals surface area contributed by atoms with Crippen LogP contribution in [0.2, 0.25) is 5.02 Å². The number of hydrogen-bond donors (Lipinski definition) is 1. The van der Waals surface area contributed by atoms with Gasteiger partial charge in [0.1, 0.15) is 0 Å². The second-order valence-corrected chi connectivity index (χ2v) is 6.67. The lowest BCUT2D eigenvalue weighted by Gasteiger charge is -2.23. The average Bonchev–Trinajstić information content (AvgIpc) is 2.62. The molecule has 0 heterocycles. The largest absolute Gasteiger partial charge is 0.372 e. The second-order valence-electron chi connectivity index (χ2n) is 6.26. The lowest BCUT2D eigenvalue weighted by atomic mass is 10.1. The molecule has 26 heavy (non-hydrogen) atoms. The first kappa shape index (κ1) is 20.0. The minimum atomic E-state index is -0.320. The summed E-state index contributed by atoms with van der Waals surface area (Å²) in [4.78, 5) is 14.5. The van der Waals surface area contributed by atoms with E-state index < -0.39 is 0 Å². The highest BCUT2D eigenvalue weighted by atomic mass is 35.5. The van der Waals surface area contributed by atoms with Crippen LogP contribution >= 0.6 is 11.6 Å². The van der Waals surface area contributed by atoms with Crippen molar-refractivity contribution in [3.8, 4) is 0 Å². The Hall–Kier alpha value is -2.33. The van der Waals surface area contributed by atoms with Crippen LogP contribution < -0.4 is 10.3 Å². The van der Waals surface area contributed by atoms with E-state index in [0.717, 1.165) is 37.1 Å². The fraction of sp³-hybridized carbons (Fsp3) is 0.333. The molecule has 2 rings (SSSR count). The van der Waals surface area contributed by atoms with Crippen molar-refractivity contribution < 1.29 is 4.79 Å². The maximum absolute atomic E-state index is 12.1. The van der Waals surface area contributed by atoms with Gasteiger partial charge in [-0.2, -0.15) is 5.10 Å². The van der Waals surface area contributed by atoms with Crippen molar-refractivity contribution >= 4 is 29.4 Å². The highest BCUT2D eigenvalue weighted by Gasteiger charge is 2.09. The van der Waals surface area contributed by atoms with Crippen LogP contribution in [0.4, 0.5) is 5.69 Å². The first-order chi connectivity index (χ1) is 12.5. The van der Waals surface area contributed by atoms with Gasteiger partial charge in [0.2, 0.25) is 0 Å². The van der Waals surface area contributed by atoms with Crippen LogP contribution in [0.5, 0.6) is 0 Å². The Morgan fingerprint density at radius 1 is 1.12 bits per heavy atom. The van der Waals surface area contributed by atoms with Gasteiger partial charge in [0, 0.05) is 18.8 Å². The number of nitrogens with one attached hydrogen (secondary N) is 1. The summed E-state index contributed by atoms with van der Waals surface area (Å²) in [5, 5.41) is 4.46. The van der Waals surface area contributed by atoms with E-state index in [1.165, 1.54) is 5.69 Å². The quantitative estimate of drug-likeness (QED) is 0.522. The van der Waals surface area contributed by atoms with E-state index in [9.17, 15) is 4.79 Å². The van der Waals surface area contributed by atoms with Crippen LogP contribution in [0.3, 0.4) is 0 Å². The first-order valence-corrected chi connectivity index (χ1v) is 9.37. The lowest BCUT2D eigenvalue weighted by molar-refractivity contribution is 0.0955. The third-order valence-electron chi connectivity index (χ3n) is 3.99. The van der Waals surface area contributed by atoms with Crippen molar-refractivity contribution in [3.05, 3.63) is 64.2 Å². The summed E-state index contributed by atoms with van der Waals surface area (Å²) in [6.45, 7) is 8.40. The molecule has 0 aromatic heterocycles. The summed E-state index contributed by atoms with van der Waals surface area (Å²) in [6.07, 6.45) is 3.88. The van der Waals surface area contributed by atoms with Crippen molar-refractivity contribution in [1.29, 1.82) is 0 Å². The van der Waals surface area contributed by atoms with Gasteiger partial charge in [0.25, 0.3) is 5.91 Å². The molecular formula is C21H26ClN3O. The molecule has 1 N–H and O–H groups in total. The third-order valence-corrected chi connectivity index (χ3v) is 4.31. The molecule has 0 fully saturated rings. The summed E-state index contributed by atoms with van der Waals surface area (Å²) in [6, 6.07) is 13.5. The molecule has 0 atom stereocenters. The molecule has 0 bridgehead atoms. The molecular weight excluding hydrogens is 346 g/mol. The topological polar surface area (TPSA) is 44.7 Å². The molecule has 0 aliphatic rings. The molecule has 1 amide bonds. The van der Waals surface area contributed by atoms with Crippen molar-refractivity contribution in [1.82, 2.24) is 5.43 Å². The number of benzene rings is 2. The number of rotatable bonds is 8. The Labute approximate surface area is 160 Å². The second kappa shape index (κ2) is 9.97. The molecule has 0 radical (unpaired) electrons. The number of nitrogens with zero attached hydrogens (tertiary/aromatic N) is 2. The normalized spacial score (nSPS) is 10.9. The maximum atomic E-state index is 12.1. The van der Waals surface area contributed by atoms with Gasteiger partial charge in [0.05, 0.1) is 16.8 Å². The van der Waals surface area contributed by atoms with E-state index in [-0.39, 0.29) is 5.91 Å². The predicted octanol–water partition coefficient (Wildman–Crippen LogP) is 5.04. The number of halogens is 1. The zero-order valence-electron chi connectivity index (χ0n) is 15.6. The van der Waals surface area contributed by atoms with Gasteiger partial charge in [0.15, 0.2) is 0 Å². The highest BCUT2D eigenvalue weighted by Crippen LogP contribution is 2.18. The maximum Gasteiger partial charge on any atom is 0.272 e. The minimum absolute atomic E-state index is 0.320.